The Labute approximate surface area is 157 Å². The number of hydrogen-bond donors (Lipinski definition) is 2. The lowest BCUT2D eigenvalue weighted by Crippen LogP contribution is -2.41. The molecule has 4 rings (SSSR count). The number of rotatable bonds is 4. The van der Waals surface area contributed by atoms with Crippen molar-refractivity contribution in [2.45, 2.75) is 31.6 Å². The second-order valence-corrected chi connectivity index (χ2v) is 7.56. The summed E-state index contributed by atoms with van der Waals surface area (Å²) >= 11 is 0. The van der Waals surface area contributed by atoms with Crippen molar-refractivity contribution in [3.63, 3.8) is 0 Å². The summed E-state index contributed by atoms with van der Waals surface area (Å²) in [7, 11) is 0. The van der Waals surface area contributed by atoms with Crippen LogP contribution >= 0.6 is 0 Å². The zero-order chi connectivity index (χ0) is 19.0. The molecule has 0 unspecified atom stereocenters. The topological polar surface area (TPSA) is 76.7 Å². The maximum Gasteiger partial charge on any atom is 0.231 e. The summed E-state index contributed by atoms with van der Waals surface area (Å²) in [6.07, 6.45) is 0.160. The van der Waals surface area contributed by atoms with Crippen LogP contribution in [0, 0.1) is 0 Å². The van der Waals surface area contributed by atoms with Crippen LogP contribution in [0.15, 0.2) is 42.5 Å². The summed E-state index contributed by atoms with van der Waals surface area (Å²) in [6.45, 7) is 4.81. The Kier molecular flexibility index (Phi) is 4.26. The third-order valence-electron chi connectivity index (χ3n) is 5.17. The van der Waals surface area contributed by atoms with Crippen molar-refractivity contribution in [1.29, 1.82) is 0 Å². The maximum absolute atomic E-state index is 12.8. The Bertz CT molecular complexity index is 907. The van der Waals surface area contributed by atoms with E-state index in [1.54, 1.807) is 0 Å². The average molecular weight is 366 g/mol. The Hall–Kier alpha value is -3.02. The van der Waals surface area contributed by atoms with Crippen LogP contribution in [0.25, 0.3) is 0 Å². The Morgan fingerprint density at radius 3 is 2.81 bits per heavy atom. The van der Waals surface area contributed by atoms with Crippen LogP contribution in [0.3, 0.4) is 0 Å². The number of hydrogen-bond acceptors (Lipinski definition) is 4. The van der Waals surface area contributed by atoms with Crippen molar-refractivity contribution in [2.75, 3.05) is 18.7 Å². The molecule has 2 heterocycles. The molecule has 1 atom stereocenters. The van der Waals surface area contributed by atoms with Gasteiger partial charge < -0.3 is 20.1 Å². The molecule has 140 valence electrons. The highest BCUT2D eigenvalue weighted by molar-refractivity contribution is 6.01. The van der Waals surface area contributed by atoms with E-state index in [1.807, 2.05) is 42.5 Å². The van der Waals surface area contributed by atoms with Gasteiger partial charge in [0, 0.05) is 24.1 Å². The average Bonchev–Trinajstić information content (AvgIpc) is 3.13. The molecular formula is C21H22N2O4. The van der Waals surface area contributed by atoms with Crippen LogP contribution < -0.4 is 20.1 Å². The maximum atomic E-state index is 12.8. The van der Waals surface area contributed by atoms with Gasteiger partial charge in [-0.25, -0.2) is 0 Å². The first kappa shape index (κ1) is 17.4. The fourth-order valence-corrected chi connectivity index (χ4v) is 3.50. The van der Waals surface area contributed by atoms with E-state index in [0.717, 1.165) is 22.6 Å². The van der Waals surface area contributed by atoms with Crippen LogP contribution in [0.4, 0.5) is 5.69 Å². The number of carbonyl (C=O) groups is 2. The van der Waals surface area contributed by atoms with Crippen LogP contribution in [-0.2, 0) is 15.0 Å². The lowest BCUT2D eigenvalue weighted by Gasteiger charge is -2.29. The van der Waals surface area contributed by atoms with Crippen LogP contribution in [0.2, 0.25) is 0 Å². The second-order valence-electron chi connectivity index (χ2n) is 7.56. The van der Waals surface area contributed by atoms with Gasteiger partial charge in [0.05, 0.1) is 5.92 Å². The zero-order valence-corrected chi connectivity index (χ0v) is 15.4. The number of anilines is 1. The van der Waals surface area contributed by atoms with Crippen LogP contribution in [0.1, 0.15) is 37.3 Å². The lowest BCUT2D eigenvalue weighted by atomic mass is 9.83. The van der Waals surface area contributed by atoms with Gasteiger partial charge in [-0.15, -0.1) is 0 Å². The minimum atomic E-state index is -0.470. The first-order valence-electron chi connectivity index (χ1n) is 9.01. The lowest BCUT2D eigenvalue weighted by molar-refractivity contribution is -0.126. The van der Waals surface area contributed by atoms with Crippen molar-refractivity contribution in [3.8, 4) is 11.5 Å². The predicted molar refractivity (Wildman–Crippen MR) is 101 cm³/mol. The third-order valence-corrected chi connectivity index (χ3v) is 5.17. The molecule has 0 saturated carbocycles. The molecule has 0 spiro atoms. The first-order chi connectivity index (χ1) is 12.9. The fourth-order valence-electron chi connectivity index (χ4n) is 3.50. The molecule has 0 bridgehead atoms. The van der Waals surface area contributed by atoms with E-state index in [-0.39, 0.29) is 30.4 Å². The summed E-state index contributed by atoms with van der Waals surface area (Å²) in [5, 5.41) is 5.85. The smallest absolute Gasteiger partial charge is 0.231 e. The molecular weight excluding hydrogens is 344 g/mol. The summed E-state index contributed by atoms with van der Waals surface area (Å²) < 4.78 is 10.8. The standard InChI is InChI=1S/C21H22N2O4/c1-21(2,13-7-8-17-18(9-13)27-12-26-17)11-22-20(25)15-10-19(24)23-16-6-4-3-5-14(15)16/h3-9,15H,10-12H2,1-2H3,(H,22,25)(H,23,24)/t15-/m1/s1. The molecule has 2 aromatic carbocycles. The normalized spacial score (nSPS) is 17.9. The molecule has 0 aromatic heterocycles. The highest BCUT2D eigenvalue weighted by Crippen LogP contribution is 2.36. The molecule has 0 radical (unpaired) electrons. The van der Waals surface area contributed by atoms with Gasteiger partial charge in [-0.1, -0.05) is 38.1 Å². The molecule has 2 amide bonds. The number of ether oxygens (including phenoxy) is 2. The number of benzene rings is 2. The van der Waals surface area contributed by atoms with E-state index in [4.69, 9.17) is 9.47 Å². The SMILES string of the molecule is CC(C)(CNC(=O)[C@@H]1CC(=O)Nc2ccccc21)c1ccc2c(c1)OCO2. The van der Waals surface area contributed by atoms with E-state index in [0.29, 0.717) is 12.2 Å². The van der Waals surface area contributed by atoms with Crippen molar-refractivity contribution in [1.82, 2.24) is 5.32 Å². The van der Waals surface area contributed by atoms with Gasteiger partial charge >= 0.3 is 0 Å². The molecule has 2 N–H and O–H groups in total. The van der Waals surface area contributed by atoms with Gasteiger partial charge in [0.15, 0.2) is 11.5 Å². The van der Waals surface area contributed by atoms with Gasteiger partial charge in [0.1, 0.15) is 0 Å². The summed E-state index contributed by atoms with van der Waals surface area (Å²) in [5.74, 6) is 0.727. The van der Waals surface area contributed by atoms with Gasteiger partial charge in [-0.3, -0.25) is 9.59 Å². The molecule has 6 heteroatoms. The van der Waals surface area contributed by atoms with Crippen molar-refractivity contribution < 1.29 is 19.1 Å². The summed E-state index contributed by atoms with van der Waals surface area (Å²) in [6, 6.07) is 13.3. The molecule has 27 heavy (non-hydrogen) atoms. The van der Waals surface area contributed by atoms with Crippen molar-refractivity contribution in [2.24, 2.45) is 0 Å². The minimum absolute atomic E-state index is 0.133. The minimum Gasteiger partial charge on any atom is -0.454 e. The number of amides is 2. The van der Waals surface area contributed by atoms with E-state index >= 15 is 0 Å². The molecule has 0 saturated heterocycles. The van der Waals surface area contributed by atoms with Gasteiger partial charge in [0.2, 0.25) is 18.6 Å². The molecule has 0 fully saturated rings. The van der Waals surface area contributed by atoms with Crippen molar-refractivity contribution >= 4 is 17.5 Å². The Balaban J connectivity index is 1.48. The van der Waals surface area contributed by atoms with Crippen LogP contribution in [0.5, 0.6) is 11.5 Å². The second kappa shape index (κ2) is 6.61. The fraction of sp³-hybridized carbons (Fsp3) is 0.333. The van der Waals surface area contributed by atoms with E-state index in [1.165, 1.54) is 0 Å². The number of fused-ring (bicyclic) bond motifs is 2. The van der Waals surface area contributed by atoms with Gasteiger partial charge in [0.25, 0.3) is 0 Å². The van der Waals surface area contributed by atoms with Crippen molar-refractivity contribution in [3.05, 3.63) is 53.6 Å². The number of para-hydroxylation sites is 1. The predicted octanol–water partition coefficient (Wildman–Crippen LogP) is 2.94. The van der Waals surface area contributed by atoms with Gasteiger partial charge in [-0.2, -0.15) is 0 Å². The van der Waals surface area contributed by atoms with E-state index < -0.39 is 5.92 Å². The molecule has 2 aromatic rings. The third kappa shape index (κ3) is 3.35. The first-order valence-corrected chi connectivity index (χ1v) is 9.01. The monoisotopic (exact) mass is 366 g/mol. The van der Waals surface area contributed by atoms with E-state index in [9.17, 15) is 9.59 Å². The Morgan fingerprint density at radius 1 is 1.19 bits per heavy atom. The molecule has 2 aliphatic heterocycles. The quantitative estimate of drug-likeness (QED) is 0.872. The number of carbonyl (C=O) groups excluding carboxylic acids is 2. The van der Waals surface area contributed by atoms with Gasteiger partial charge in [-0.05, 0) is 29.3 Å². The van der Waals surface area contributed by atoms with E-state index in [2.05, 4.69) is 24.5 Å². The summed E-state index contributed by atoms with van der Waals surface area (Å²) in [4.78, 5) is 24.8. The number of nitrogens with one attached hydrogen (secondary N) is 2. The molecule has 0 aliphatic carbocycles. The largest absolute Gasteiger partial charge is 0.454 e. The van der Waals surface area contributed by atoms with Crippen LogP contribution in [-0.4, -0.2) is 25.2 Å². The molecule has 2 aliphatic rings. The Morgan fingerprint density at radius 2 is 1.96 bits per heavy atom. The molecule has 6 nitrogen and oxygen atoms in total. The summed E-state index contributed by atoms with van der Waals surface area (Å²) in [5.41, 5.74) is 2.32. The highest BCUT2D eigenvalue weighted by atomic mass is 16.7. The highest BCUT2D eigenvalue weighted by Gasteiger charge is 2.32. The zero-order valence-electron chi connectivity index (χ0n) is 15.4.